The summed E-state index contributed by atoms with van der Waals surface area (Å²) in [6, 6.07) is 10.5. The van der Waals surface area contributed by atoms with Gasteiger partial charge >= 0.3 is 0 Å². The second-order valence-electron chi connectivity index (χ2n) is 8.21. The van der Waals surface area contributed by atoms with E-state index >= 15 is 0 Å². The van der Waals surface area contributed by atoms with Crippen molar-refractivity contribution in [1.82, 2.24) is 9.80 Å². The minimum atomic E-state index is -0.306. The molecule has 2 amide bonds. The van der Waals surface area contributed by atoms with Crippen molar-refractivity contribution >= 4 is 23.6 Å². The maximum Gasteiger partial charge on any atom is 0.255 e. The highest BCUT2D eigenvalue weighted by atomic mass is 32.2. The molecule has 2 saturated heterocycles. The molecule has 2 aromatic rings. The zero-order valence-corrected chi connectivity index (χ0v) is 19.5. The van der Waals surface area contributed by atoms with Crippen molar-refractivity contribution in [2.75, 3.05) is 46.4 Å². The number of thioether (sulfide) groups is 1. The van der Waals surface area contributed by atoms with E-state index in [0.29, 0.717) is 53.8 Å². The van der Waals surface area contributed by atoms with Crippen LogP contribution in [0, 0.1) is 0 Å². The summed E-state index contributed by atoms with van der Waals surface area (Å²) in [5, 5.41) is 0. The van der Waals surface area contributed by atoms with Crippen LogP contribution in [0.2, 0.25) is 0 Å². The smallest absolute Gasteiger partial charge is 0.255 e. The summed E-state index contributed by atoms with van der Waals surface area (Å²) in [5.74, 6) is 3.25. The van der Waals surface area contributed by atoms with E-state index in [4.69, 9.17) is 18.9 Å². The van der Waals surface area contributed by atoms with Crippen LogP contribution in [0.4, 0.5) is 0 Å². The van der Waals surface area contributed by atoms with Crippen LogP contribution in [0.3, 0.4) is 0 Å². The molecular weight excluding hydrogens is 444 g/mol. The first-order chi connectivity index (χ1) is 16.0. The molecule has 9 heteroatoms. The molecule has 0 radical (unpaired) electrons. The van der Waals surface area contributed by atoms with Crippen LogP contribution in [-0.2, 0) is 0 Å². The average molecular weight is 471 g/mol. The molecule has 174 valence electrons. The number of piperidine rings is 1. The molecule has 0 unspecified atom stereocenters. The van der Waals surface area contributed by atoms with E-state index in [-0.39, 0.29) is 23.5 Å². The van der Waals surface area contributed by atoms with Crippen LogP contribution in [0.15, 0.2) is 36.4 Å². The zero-order chi connectivity index (χ0) is 23.0. The Morgan fingerprint density at radius 2 is 1.58 bits per heavy atom. The molecule has 5 rings (SSSR count). The number of fused-ring (bicyclic) bond motifs is 1. The molecular formula is C24H26N2O6S. The standard InChI is InChI=1S/C24H26N2O6S/c1-29-18-11-17(12-19(14-18)30-2)23(28)26-9-10-33-24(26)5-7-25(8-6-24)22(27)16-3-4-20-21(13-16)32-15-31-20/h3-4,11-14H,5-10,15H2,1-2H3. The predicted octanol–water partition coefficient (Wildman–Crippen LogP) is 3.25. The lowest BCUT2D eigenvalue weighted by atomic mass is 10.00. The number of carbonyl (C=O) groups is 2. The van der Waals surface area contributed by atoms with Gasteiger partial charge in [0, 0.05) is 42.6 Å². The molecule has 1 spiro atoms. The number of hydrogen-bond donors (Lipinski definition) is 0. The van der Waals surface area contributed by atoms with Crippen LogP contribution < -0.4 is 18.9 Å². The number of rotatable bonds is 4. The minimum Gasteiger partial charge on any atom is -0.497 e. The third-order valence-electron chi connectivity index (χ3n) is 6.47. The quantitative estimate of drug-likeness (QED) is 0.679. The molecule has 0 aromatic heterocycles. The summed E-state index contributed by atoms with van der Waals surface area (Å²) < 4.78 is 21.4. The van der Waals surface area contributed by atoms with Crippen molar-refractivity contribution in [2.45, 2.75) is 17.7 Å². The first-order valence-corrected chi connectivity index (χ1v) is 11.9. The van der Waals surface area contributed by atoms with Crippen LogP contribution >= 0.6 is 11.8 Å². The number of amides is 2. The molecule has 3 heterocycles. The number of benzene rings is 2. The largest absolute Gasteiger partial charge is 0.497 e. The predicted molar refractivity (Wildman–Crippen MR) is 123 cm³/mol. The molecule has 8 nitrogen and oxygen atoms in total. The second-order valence-corrected chi connectivity index (χ2v) is 9.67. The fraction of sp³-hybridized carbons (Fsp3) is 0.417. The molecule has 2 fully saturated rings. The van der Waals surface area contributed by atoms with Crippen molar-refractivity contribution in [3.8, 4) is 23.0 Å². The molecule has 3 aliphatic heterocycles. The van der Waals surface area contributed by atoms with E-state index in [0.717, 1.165) is 18.6 Å². The van der Waals surface area contributed by atoms with E-state index in [1.165, 1.54) is 0 Å². The lowest BCUT2D eigenvalue weighted by molar-refractivity contribution is 0.0497. The molecule has 0 aliphatic carbocycles. The van der Waals surface area contributed by atoms with E-state index in [1.54, 1.807) is 50.6 Å². The van der Waals surface area contributed by atoms with Gasteiger partial charge in [-0.05, 0) is 43.2 Å². The zero-order valence-electron chi connectivity index (χ0n) is 18.7. The molecule has 0 bridgehead atoms. The monoisotopic (exact) mass is 470 g/mol. The summed E-state index contributed by atoms with van der Waals surface area (Å²) in [4.78, 5) is 30.1. The topological polar surface area (TPSA) is 77.5 Å². The number of hydrogen-bond acceptors (Lipinski definition) is 7. The number of ether oxygens (including phenoxy) is 4. The number of carbonyl (C=O) groups excluding carboxylic acids is 2. The van der Waals surface area contributed by atoms with Gasteiger partial charge in [0.25, 0.3) is 11.8 Å². The van der Waals surface area contributed by atoms with Gasteiger partial charge in [-0.15, -0.1) is 11.8 Å². The Bertz CT molecular complexity index is 1060. The van der Waals surface area contributed by atoms with Gasteiger partial charge in [-0.25, -0.2) is 0 Å². The molecule has 0 N–H and O–H groups in total. The summed E-state index contributed by atoms with van der Waals surface area (Å²) in [5.41, 5.74) is 1.14. The fourth-order valence-corrected chi connectivity index (χ4v) is 6.12. The van der Waals surface area contributed by atoms with Crippen LogP contribution in [0.1, 0.15) is 33.6 Å². The summed E-state index contributed by atoms with van der Waals surface area (Å²) in [6.07, 6.45) is 1.45. The van der Waals surface area contributed by atoms with Gasteiger partial charge < -0.3 is 28.7 Å². The maximum absolute atomic E-state index is 13.5. The summed E-state index contributed by atoms with van der Waals surface area (Å²) in [7, 11) is 3.15. The van der Waals surface area contributed by atoms with Crippen molar-refractivity contribution in [3.05, 3.63) is 47.5 Å². The maximum atomic E-state index is 13.5. The number of nitrogens with zero attached hydrogens (tertiary/aromatic N) is 2. The Hall–Kier alpha value is -3.07. The highest BCUT2D eigenvalue weighted by Crippen LogP contribution is 2.45. The minimum absolute atomic E-state index is 0.0263. The number of methoxy groups -OCH3 is 2. The normalized spacial score (nSPS) is 18.5. The number of likely N-dealkylation sites (tertiary alicyclic amines) is 1. The second kappa shape index (κ2) is 8.70. The molecule has 0 atom stereocenters. The van der Waals surface area contributed by atoms with Gasteiger partial charge in [0.2, 0.25) is 6.79 Å². The van der Waals surface area contributed by atoms with Crippen molar-refractivity contribution in [3.63, 3.8) is 0 Å². The first kappa shape index (κ1) is 21.8. The third kappa shape index (κ3) is 3.94. The first-order valence-electron chi connectivity index (χ1n) is 10.9. The molecule has 3 aliphatic rings. The third-order valence-corrected chi connectivity index (χ3v) is 8.03. The Morgan fingerprint density at radius 1 is 0.879 bits per heavy atom. The Morgan fingerprint density at radius 3 is 2.27 bits per heavy atom. The highest BCUT2D eigenvalue weighted by molar-refractivity contribution is 8.00. The Labute approximate surface area is 196 Å². The van der Waals surface area contributed by atoms with Gasteiger partial charge in [-0.2, -0.15) is 0 Å². The van der Waals surface area contributed by atoms with Gasteiger partial charge in [0.15, 0.2) is 11.5 Å². The molecule has 33 heavy (non-hydrogen) atoms. The lowest BCUT2D eigenvalue weighted by Crippen LogP contribution is -2.53. The lowest BCUT2D eigenvalue weighted by Gasteiger charge is -2.44. The van der Waals surface area contributed by atoms with Gasteiger partial charge in [0.1, 0.15) is 11.5 Å². The van der Waals surface area contributed by atoms with Crippen LogP contribution in [0.5, 0.6) is 23.0 Å². The van der Waals surface area contributed by atoms with Crippen molar-refractivity contribution in [1.29, 1.82) is 0 Å². The Kier molecular flexibility index (Phi) is 5.74. The van der Waals surface area contributed by atoms with E-state index in [2.05, 4.69) is 0 Å². The Balaban J connectivity index is 1.30. The average Bonchev–Trinajstić information content (AvgIpc) is 3.49. The SMILES string of the molecule is COc1cc(OC)cc(C(=O)N2CCSC23CCN(C(=O)c2ccc4c(c2)OCO4)CC3)c1. The summed E-state index contributed by atoms with van der Waals surface area (Å²) in [6.45, 7) is 2.04. The van der Waals surface area contributed by atoms with E-state index in [1.807, 2.05) is 21.6 Å². The van der Waals surface area contributed by atoms with Crippen molar-refractivity contribution < 1.29 is 28.5 Å². The van der Waals surface area contributed by atoms with Gasteiger partial charge in [-0.1, -0.05) is 0 Å². The molecule has 0 saturated carbocycles. The fourth-order valence-electron chi connectivity index (χ4n) is 4.67. The summed E-state index contributed by atoms with van der Waals surface area (Å²) >= 11 is 1.81. The van der Waals surface area contributed by atoms with Crippen LogP contribution in [-0.4, -0.2) is 72.9 Å². The van der Waals surface area contributed by atoms with Crippen LogP contribution in [0.25, 0.3) is 0 Å². The molecule has 2 aromatic carbocycles. The highest BCUT2D eigenvalue weighted by Gasteiger charge is 2.47. The van der Waals surface area contributed by atoms with Gasteiger partial charge in [-0.3, -0.25) is 9.59 Å². The van der Waals surface area contributed by atoms with E-state index < -0.39 is 0 Å². The van der Waals surface area contributed by atoms with E-state index in [9.17, 15) is 9.59 Å². The van der Waals surface area contributed by atoms with Crippen molar-refractivity contribution in [2.24, 2.45) is 0 Å². The van der Waals surface area contributed by atoms with Gasteiger partial charge in [0.05, 0.1) is 19.1 Å².